The number of hydrogen-bond donors (Lipinski definition) is 1. The van der Waals surface area contributed by atoms with E-state index in [0.717, 1.165) is 10.0 Å². The highest BCUT2D eigenvalue weighted by molar-refractivity contribution is 9.10. The third-order valence-corrected chi connectivity index (χ3v) is 3.07. The first-order valence-electron chi connectivity index (χ1n) is 5.14. The monoisotopic (exact) mass is 299 g/mol. The van der Waals surface area contributed by atoms with Crippen molar-refractivity contribution in [3.8, 4) is 0 Å². The van der Waals surface area contributed by atoms with E-state index in [2.05, 4.69) is 15.9 Å². The van der Waals surface area contributed by atoms with Crippen molar-refractivity contribution >= 4 is 27.8 Å². The van der Waals surface area contributed by atoms with Gasteiger partial charge in [-0.15, -0.1) is 0 Å². The summed E-state index contributed by atoms with van der Waals surface area (Å²) in [5, 5.41) is 8.81. The van der Waals surface area contributed by atoms with E-state index in [-0.39, 0.29) is 12.3 Å². The zero-order valence-electron chi connectivity index (χ0n) is 9.68. The number of rotatable bonds is 4. The standard InChI is InChI=1S/C12H14BrNO3/c1-8(12(16)17)14(2)11(15)7-9-4-3-5-10(13)6-9/h3-6,8H,7H2,1-2H3,(H,16,17). The number of aliphatic carboxylic acids is 1. The number of benzene rings is 1. The number of likely N-dealkylation sites (N-methyl/N-ethyl adjacent to an activating group) is 1. The predicted octanol–water partition coefficient (Wildman–Crippen LogP) is 1.92. The fourth-order valence-electron chi connectivity index (χ4n) is 1.33. The van der Waals surface area contributed by atoms with Gasteiger partial charge in [-0.25, -0.2) is 4.79 Å². The van der Waals surface area contributed by atoms with Gasteiger partial charge in [0.25, 0.3) is 0 Å². The Bertz CT molecular complexity index is 434. The maximum absolute atomic E-state index is 11.8. The van der Waals surface area contributed by atoms with Crippen molar-refractivity contribution in [1.29, 1.82) is 0 Å². The van der Waals surface area contributed by atoms with Gasteiger partial charge in [0.2, 0.25) is 5.91 Å². The van der Waals surface area contributed by atoms with Crippen LogP contribution in [0.2, 0.25) is 0 Å². The Morgan fingerprint density at radius 2 is 2.12 bits per heavy atom. The number of carboxylic acid groups (broad SMARTS) is 1. The van der Waals surface area contributed by atoms with Crippen molar-refractivity contribution < 1.29 is 14.7 Å². The lowest BCUT2D eigenvalue weighted by Gasteiger charge is -2.21. The van der Waals surface area contributed by atoms with E-state index in [1.54, 1.807) is 0 Å². The normalized spacial score (nSPS) is 11.9. The van der Waals surface area contributed by atoms with Gasteiger partial charge in [-0.1, -0.05) is 28.1 Å². The van der Waals surface area contributed by atoms with Crippen molar-refractivity contribution in [3.63, 3.8) is 0 Å². The zero-order chi connectivity index (χ0) is 13.0. The molecule has 0 bridgehead atoms. The first-order valence-corrected chi connectivity index (χ1v) is 5.94. The first kappa shape index (κ1) is 13.7. The summed E-state index contributed by atoms with van der Waals surface area (Å²) in [6, 6.07) is 6.58. The summed E-state index contributed by atoms with van der Waals surface area (Å²) in [5.41, 5.74) is 0.855. The first-order chi connectivity index (χ1) is 7.91. The molecule has 1 atom stereocenters. The van der Waals surface area contributed by atoms with Crippen LogP contribution in [0.5, 0.6) is 0 Å². The summed E-state index contributed by atoms with van der Waals surface area (Å²) in [4.78, 5) is 23.8. The molecule has 1 rings (SSSR count). The van der Waals surface area contributed by atoms with Gasteiger partial charge in [0, 0.05) is 11.5 Å². The molecular weight excluding hydrogens is 286 g/mol. The predicted molar refractivity (Wildman–Crippen MR) is 67.7 cm³/mol. The fourth-order valence-corrected chi connectivity index (χ4v) is 1.77. The Balaban J connectivity index is 2.69. The van der Waals surface area contributed by atoms with Gasteiger partial charge in [0.05, 0.1) is 6.42 Å². The largest absolute Gasteiger partial charge is 0.480 e. The average Bonchev–Trinajstić information content (AvgIpc) is 2.26. The van der Waals surface area contributed by atoms with E-state index in [1.165, 1.54) is 18.9 Å². The summed E-state index contributed by atoms with van der Waals surface area (Å²) >= 11 is 3.32. The van der Waals surface area contributed by atoms with Gasteiger partial charge in [0.1, 0.15) is 6.04 Å². The van der Waals surface area contributed by atoms with Crippen molar-refractivity contribution in [2.45, 2.75) is 19.4 Å². The highest BCUT2D eigenvalue weighted by Crippen LogP contribution is 2.13. The Morgan fingerprint density at radius 3 is 2.65 bits per heavy atom. The lowest BCUT2D eigenvalue weighted by molar-refractivity contribution is -0.147. The smallest absolute Gasteiger partial charge is 0.326 e. The molecule has 1 N–H and O–H groups in total. The molecule has 0 radical (unpaired) electrons. The summed E-state index contributed by atoms with van der Waals surface area (Å²) in [5.74, 6) is -1.21. The average molecular weight is 300 g/mol. The molecule has 0 fully saturated rings. The highest BCUT2D eigenvalue weighted by Gasteiger charge is 2.21. The van der Waals surface area contributed by atoms with Gasteiger partial charge >= 0.3 is 5.97 Å². The Kier molecular flexibility index (Phi) is 4.69. The second-order valence-corrected chi connectivity index (χ2v) is 4.74. The maximum Gasteiger partial charge on any atom is 0.326 e. The molecule has 0 saturated carbocycles. The van der Waals surface area contributed by atoms with Crippen LogP contribution in [-0.2, 0) is 16.0 Å². The van der Waals surface area contributed by atoms with Crippen LogP contribution in [0, 0.1) is 0 Å². The molecular formula is C12H14BrNO3. The summed E-state index contributed by atoms with van der Waals surface area (Å²) < 4.78 is 0.900. The molecule has 0 aliphatic rings. The van der Waals surface area contributed by atoms with Crippen LogP contribution in [-0.4, -0.2) is 35.0 Å². The lowest BCUT2D eigenvalue weighted by atomic mass is 10.1. The topological polar surface area (TPSA) is 57.6 Å². The van der Waals surface area contributed by atoms with Crippen LogP contribution < -0.4 is 0 Å². The number of halogens is 1. The highest BCUT2D eigenvalue weighted by atomic mass is 79.9. The van der Waals surface area contributed by atoms with Crippen molar-refractivity contribution in [2.75, 3.05) is 7.05 Å². The van der Waals surface area contributed by atoms with E-state index in [4.69, 9.17) is 5.11 Å². The van der Waals surface area contributed by atoms with Crippen LogP contribution in [0.15, 0.2) is 28.7 Å². The van der Waals surface area contributed by atoms with E-state index >= 15 is 0 Å². The third kappa shape index (κ3) is 3.85. The molecule has 5 heteroatoms. The quantitative estimate of drug-likeness (QED) is 0.924. The van der Waals surface area contributed by atoms with Crippen molar-refractivity contribution in [3.05, 3.63) is 34.3 Å². The summed E-state index contributed by atoms with van der Waals surface area (Å²) in [7, 11) is 1.50. The zero-order valence-corrected chi connectivity index (χ0v) is 11.3. The minimum absolute atomic E-state index is 0.202. The second kappa shape index (κ2) is 5.82. The molecule has 1 amide bonds. The van der Waals surface area contributed by atoms with Gasteiger partial charge in [-0.2, -0.15) is 0 Å². The molecule has 17 heavy (non-hydrogen) atoms. The molecule has 1 unspecified atom stereocenters. The lowest BCUT2D eigenvalue weighted by Crippen LogP contribution is -2.41. The number of carbonyl (C=O) groups is 2. The van der Waals surface area contributed by atoms with Crippen LogP contribution in [0.4, 0.5) is 0 Å². The molecule has 4 nitrogen and oxygen atoms in total. The maximum atomic E-state index is 11.8. The number of nitrogens with zero attached hydrogens (tertiary/aromatic N) is 1. The Morgan fingerprint density at radius 1 is 1.47 bits per heavy atom. The van der Waals surface area contributed by atoms with Crippen LogP contribution in [0.3, 0.4) is 0 Å². The minimum atomic E-state index is -1.00. The molecule has 1 aromatic rings. The molecule has 0 aromatic heterocycles. The van der Waals surface area contributed by atoms with Crippen LogP contribution >= 0.6 is 15.9 Å². The van der Waals surface area contributed by atoms with Crippen LogP contribution in [0.25, 0.3) is 0 Å². The summed E-state index contributed by atoms with van der Waals surface area (Å²) in [6.07, 6.45) is 0.202. The number of hydrogen-bond acceptors (Lipinski definition) is 2. The minimum Gasteiger partial charge on any atom is -0.480 e. The van der Waals surface area contributed by atoms with Crippen molar-refractivity contribution in [1.82, 2.24) is 4.90 Å². The van der Waals surface area contributed by atoms with Gasteiger partial charge in [-0.05, 0) is 24.6 Å². The molecule has 1 aromatic carbocycles. The molecule has 0 heterocycles. The Hall–Kier alpha value is -1.36. The molecule has 0 aliphatic heterocycles. The van der Waals surface area contributed by atoms with E-state index < -0.39 is 12.0 Å². The van der Waals surface area contributed by atoms with E-state index in [9.17, 15) is 9.59 Å². The molecule has 0 saturated heterocycles. The molecule has 0 spiro atoms. The number of carboxylic acids is 1. The number of carbonyl (C=O) groups excluding carboxylic acids is 1. The van der Waals surface area contributed by atoms with Crippen LogP contribution in [0.1, 0.15) is 12.5 Å². The third-order valence-electron chi connectivity index (χ3n) is 2.58. The second-order valence-electron chi connectivity index (χ2n) is 3.83. The van der Waals surface area contributed by atoms with Gasteiger partial charge < -0.3 is 10.0 Å². The fraction of sp³-hybridized carbons (Fsp3) is 0.333. The molecule has 92 valence electrons. The van der Waals surface area contributed by atoms with E-state index in [1.807, 2.05) is 24.3 Å². The van der Waals surface area contributed by atoms with Gasteiger partial charge in [0.15, 0.2) is 0 Å². The summed E-state index contributed by atoms with van der Waals surface area (Å²) in [6.45, 7) is 1.49. The molecule has 0 aliphatic carbocycles. The Labute approximate surface area is 108 Å². The van der Waals surface area contributed by atoms with Crippen molar-refractivity contribution in [2.24, 2.45) is 0 Å². The van der Waals surface area contributed by atoms with Gasteiger partial charge in [-0.3, -0.25) is 4.79 Å². The number of amides is 1. The van der Waals surface area contributed by atoms with E-state index in [0.29, 0.717) is 0 Å². The SMILES string of the molecule is CC(C(=O)O)N(C)C(=O)Cc1cccc(Br)c1.